The SMILES string of the molecule is CCN(Cc1cc(C#CCO)ccc1OC)C1CCCC1. The molecule has 0 aliphatic heterocycles. The van der Waals surface area contributed by atoms with Gasteiger partial charge in [-0.05, 0) is 37.6 Å². The number of rotatable bonds is 5. The van der Waals surface area contributed by atoms with Crippen LogP contribution in [0.25, 0.3) is 0 Å². The molecule has 1 aromatic rings. The quantitative estimate of drug-likeness (QED) is 0.845. The molecule has 3 heteroatoms. The van der Waals surface area contributed by atoms with Crippen LogP contribution in [0.15, 0.2) is 18.2 Å². The zero-order valence-electron chi connectivity index (χ0n) is 13.1. The first kappa shape index (κ1) is 15.9. The lowest BCUT2D eigenvalue weighted by Gasteiger charge is -2.28. The van der Waals surface area contributed by atoms with Gasteiger partial charge < -0.3 is 9.84 Å². The zero-order valence-corrected chi connectivity index (χ0v) is 13.1. The van der Waals surface area contributed by atoms with Crippen LogP contribution in [0.4, 0.5) is 0 Å². The summed E-state index contributed by atoms with van der Waals surface area (Å²) in [6.45, 7) is 4.07. The minimum absolute atomic E-state index is 0.107. The van der Waals surface area contributed by atoms with Crippen LogP contribution in [-0.2, 0) is 6.54 Å². The molecule has 0 radical (unpaired) electrons. The van der Waals surface area contributed by atoms with E-state index in [4.69, 9.17) is 9.84 Å². The van der Waals surface area contributed by atoms with Crippen molar-refractivity contribution in [1.82, 2.24) is 4.90 Å². The Morgan fingerprint density at radius 1 is 1.33 bits per heavy atom. The molecule has 0 aromatic heterocycles. The minimum Gasteiger partial charge on any atom is -0.496 e. The van der Waals surface area contributed by atoms with Crippen LogP contribution in [0.3, 0.4) is 0 Å². The lowest BCUT2D eigenvalue weighted by Crippen LogP contribution is -2.32. The third-order valence-electron chi connectivity index (χ3n) is 4.21. The standard InChI is InChI=1S/C18H25NO2/c1-3-19(17-8-4-5-9-17)14-16-13-15(7-6-12-20)10-11-18(16)21-2/h10-11,13,17,20H,3-5,8-9,12,14H2,1-2H3. The molecule has 0 bridgehead atoms. The van der Waals surface area contributed by atoms with Gasteiger partial charge in [0.15, 0.2) is 0 Å². The van der Waals surface area contributed by atoms with Gasteiger partial charge >= 0.3 is 0 Å². The summed E-state index contributed by atoms with van der Waals surface area (Å²) in [4.78, 5) is 2.54. The highest BCUT2D eigenvalue weighted by Gasteiger charge is 2.22. The van der Waals surface area contributed by atoms with Gasteiger partial charge in [-0.2, -0.15) is 0 Å². The van der Waals surface area contributed by atoms with Crippen LogP contribution in [0.5, 0.6) is 5.75 Å². The second kappa shape index (κ2) is 8.07. The molecule has 114 valence electrons. The van der Waals surface area contributed by atoms with Gasteiger partial charge in [-0.25, -0.2) is 0 Å². The summed E-state index contributed by atoms with van der Waals surface area (Å²) in [6.07, 6.45) is 5.31. The smallest absolute Gasteiger partial charge is 0.123 e. The van der Waals surface area contributed by atoms with Gasteiger partial charge in [-0.1, -0.05) is 31.6 Å². The van der Waals surface area contributed by atoms with Crippen molar-refractivity contribution in [2.45, 2.75) is 45.2 Å². The number of benzene rings is 1. The average Bonchev–Trinajstić information content (AvgIpc) is 3.04. The molecule has 21 heavy (non-hydrogen) atoms. The predicted octanol–water partition coefficient (Wildman–Crippen LogP) is 2.80. The Morgan fingerprint density at radius 2 is 2.10 bits per heavy atom. The first-order chi connectivity index (χ1) is 10.3. The number of hydrogen-bond donors (Lipinski definition) is 1. The number of methoxy groups -OCH3 is 1. The number of hydrogen-bond acceptors (Lipinski definition) is 3. The zero-order chi connectivity index (χ0) is 15.1. The van der Waals surface area contributed by atoms with Gasteiger partial charge in [0.25, 0.3) is 0 Å². The number of aliphatic hydroxyl groups is 1. The maximum Gasteiger partial charge on any atom is 0.123 e. The summed E-state index contributed by atoms with van der Waals surface area (Å²) in [5.41, 5.74) is 2.11. The van der Waals surface area contributed by atoms with Crippen LogP contribution in [0.1, 0.15) is 43.7 Å². The van der Waals surface area contributed by atoms with Gasteiger partial charge in [0.05, 0.1) is 7.11 Å². The molecule has 0 unspecified atom stereocenters. The molecule has 2 rings (SSSR count). The summed E-state index contributed by atoms with van der Waals surface area (Å²) in [5, 5.41) is 8.82. The van der Waals surface area contributed by atoms with Crippen molar-refractivity contribution in [2.24, 2.45) is 0 Å². The summed E-state index contributed by atoms with van der Waals surface area (Å²) in [7, 11) is 1.71. The maximum absolute atomic E-state index is 8.82. The molecule has 1 saturated carbocycles. The number of aliphatic hydroxyl groups excluding tert-OH is 1. The second-order valence-corrected chi connectivity index (χ2v) is 5.49. The Bertz CT molecular complexity index is 510. The fraction of sp³-hybridized carbons (Fsp3) is 0.556. The molecular formula is C18H25NO2. The Balaban J connectivity index is 2.18. The maximum atomic E-state index is 8.82. The van der Waals surface area contributed by atoms with Crippen molar-refractivity contribution in [3.63, 3.8) is 0 Å². The van der Waals surface area contributed by atoms with E-state index in [9.17, 15) is 0 Å². The molecule has 3 nitrogen and oxygen atoms in total. The van der Waals surface area contributed by atoms with Crippen molar-refractivity contribution in [1.29, 1.82) is 0 Å². The van der Waals surface area contributed by atoms with E-state index in [0.717, 1.165) is 24.4 Å². The van der Waals surface area contributed by atoms with Crippen molar-refractivity contribution in [3.8, 4) is 17.6 Å². The van der Waals surface area contributed by atoms with Crippen LogP contribution in [0.2, 0.25) is 0 Å². The fourth-order valence-corrected chi connectivity index (χ4v) is 3.11. The molecule has 1 aliphatic carbocycles. The van der Waals surface area contributed by atoms with E-state index >= 15 is 0 Å². The summed E-state index contributed by atoms with van der Waals surface area (Å²) in [6, 6.07) is 6.70. The van der Waals surface area contributed by atoms with E-state index in [2.05, 4.69) is 29.7 Å². The molecular weight excluding hydrogens is 262 g/mol. The summed E-state index contributed by atoms with van der Waals surface area (Å²) >= 11 is 0. The van der Waals surface area contributed by atoms with Crippen LogP contribution < -0.4 is 4.74 Å². The lowest BCUT2D eigenvalue weighted by molar-refractivity contribution is 0.198. The number of nitrogens with zero attached hydrogens (tertiary/aromatic N) is 1. The Hall–Kier alpha value is -1.50. The van der Waals surface area contributed by atoms with Gasteiger partial charge in [0.1, 0.15) is 12.4 Å². The first-order valence-corrected chi connectivity index (χ1v) is 7.79. The fourth-order valence-electron chi connectivity index (χ4n) is 3.11. The Kier molecular flexibility index (Phi) is 6.10. The minimum atomic E-state index is -0.107. The van der Waals surface area contributed by atoms with Crippen molar-refractivity contribution >= 4 is 0 Å². The summed E-state index contributed by atoms with van der Waals surface area (Å²) in [5.74, 6) is 6.59. The lowest BCUT2D eigenvalue weighted by atomic mass is 10.1. The monoisotopic (exact) mass is 287 g/mol. The van der Waals surface area contributed by atoms with Crippen molar-refractivity contribution in [2.75, 3.05) is 20.3 Å². The Morgan fingerprint density at radius 3 is 2.71 bits per heavy atom. The van der Waals surface area contributed by atoms with Gasteiger partial charge in [0, 0.05) is 23.7 Å². The molecule has 0 amide bonds. The van der Waals surface area contributed by atoms with E-state index in [1.54, 1.807) is 7.11 Å². The molecule has 0 saturated heterocycles. The molecule has 0 heterocycles. The molecule has 0 spiro atoms. The van der Waals surface area contributed by atoms with E-state index in [1.165, 1.54) is 31.2 Å². The second-order valence-electron chi connectivity index (χ2n) is 5.49. The number of ether oxygens (including phenoxy) is 1. The summed E-state index contributed by atoms with van der Waals surface area (Å²) < 4.78 is 5.49. The van der Waals surface area contributed by atoms with Crippen molar-refractivity contribution < 1.29 is 9.84 Å². The molecule has 0 atom stereocenters. The van der Waals surface area contributed by atoms with Crippen LogP contribution >= 0.6 is 0 Å². The average molecular weight is 287 g/mol. The predicted molar refractivity (Wildman–Crippen MR) is 85.3 cm³/mol. The topological polar surface area (TPSA) is 32.7 Å². The Labute approximate surface area is 127 Å². The van der Waals surface area contributed by atoms with Gasteiger partial charge in [-0.3, -0.25) is 4.90 Å². The van der Waals surface area contributed by atoms with E-state index < -0.39 is 0 Å². The largest absolute Gasteiger partial charge is 0.496 e. The molecule has 1 N–H and O–H groups in total. The van der Waals surface area contributed by atoms with Crippen molar-refractivity contribution in [3.05, 3.63) is 29.3 Å². The van der Waals surface area contributed by atoms with E-state index in [-0.39, 0.29) is 6.61 Å². The van der Waals surface area contributed by atoms with Gasteiger partial charge in [0.2, 0.25) is 0 Å². The first-order valence-electron chi connectivity index (χ1n) is 7.79. The molecule has 1 fully saturated rings. The highest BCUT2D eigenvalue weighted by Crippen LogP contribution is 2.27. The normalized spacial score (nSPS) is 15.0. The molecule has 1 aliphatic rings. The third-order valence-corrected chi connectivity index (χ3v) is 4.21. The third kappa shape index (κ3) is 4.23. The van der Waals surface area contributed by atoms with Crippen LogP contribution in [0, 0.1) is 11.8 Å². The van der Waals surface area contributed by atoms with Crippen LogP contribution in [-0.4, -0.2) is 36.3 Å². The van der Waals surface area contributed by atoms with E-state index in [1.807, 2.05) is 12.1 Å². The molecule has 1 aromatic carbocycles. The highest BCUT2D eigenvalue weighted by molar-refractivity contribution is 5.44. The van der Waals surface area contributed by atoms with Gasteiger partial charge in [-0.15, -0.1) is 0 Å². The van der Waals surface area contributed by atoms with E-state index in [0.29, 0.717) is 6.04 Å². The highest BCUT2D eigenvalue weighted by atomic mass is 16.5.